The van der Waals surface area contributed by atoms with E-state index in [9.17, 15) is 4.79 Å². The number of hydrogen-bond acceptors (Lipinski definition) is 6. The molecule has 0 radical (unpaired) electrons. The van der Waals surface area contributed by atoms with Gasteiger partial charge in [0.1, 0.15) is 5.82 Å². The van der Waals surface area contributed by atoms with Crippen LogP contribution in [0.25, 0.3) is 0 Å². The number of hydrogen-bond donors (Lipinski definition) is 0. The van der Waals surface area contributed by atoms with Gasteiger partial charge in [0.05, 0.1) is 13.2 Å². The normalized spacial score (nSPS) is 21.5. The lowest BCUT2D eigenvalue weighted by atomic mass is 9.86. The number of nitrogens with zero attached hydrogens (tertiary/aromatic N) is 5. The molecule has 2 aliphatic heterocycles. The van der Waals surface area contributed by atoms with Crippen LogP contribution in [0.5, 0.6) is 0 Å². The summed E-state index contributed by atoms with van der Waals surface area (Å²) in [5.41, 5.74) is 0.988. The van der Waals surface area contributed by atoms with Crippen molar-refractivity contribution in [2.24, 2.45) is 5.92 Å². The molecule has 160 valence electrons. The van der Waals surface area contributed by atoms with Gasteiger partial charge in [0.15, 0.2) is 0 Å². The highest BCUT2D eigenvalue weighted by atomic mass is 16.5. The molecule has 0 bridgehead atoms. The average Bonchev–Trinajstić information content (AvgIpc) is 2.78. The minimum Gasteiger partial charge on any atom is -0.378 e. The van der Waals surface area contributed by atoms with Gasteiger partial charge in [-0.2, -0.15) is 4.98 Å². The number of amides is 1. The van der Waals surface area contributed by atoms with Crippen LogP contribution in [0.3, 0.4) is 0 Å². The fraction of sp³-hybridized carbons (Fsp3) is 0.773. The molecule has 1 saturated carbocycles. The molecule has 29 heavy (non-hydrogen) atoms. The van der Waals surface area contributed by atoms with Gasteiger partial charge in [-0.25, -0.2) is 4.98 Å². The van der Waals surface area contributed by atoms with Crippen molar-refractivity contribution in [3.05, 3.63) is 11.8 Å². The van der Waals surface area contributed by atoms with Crippen LogP contribution < -0.4 is 9.80 Å². The van der Waals surface area contributed by atoms with Crippen LogP contribution in [-0.4, -0.2) is 73.3 Å². The Hall–Kier alpha value is -1.89. The van der Waals surface area contributed by atoms with Crippen molar-refractivity contribution >= 4 is 17.7 Å². The van der Waals surface area contributed by atoms with Gasteiger partial charge in [0.25, 0.3) is 0 Å². The molecule has 0 unspecified atom stereocenters. The molecule has 1 aromatic heterocycles. The maximum atomic E-state index is 12.7. The molecule has 3 aliphatic rings. The summed E-state index contributed by atoms with van der Waals surface area (Å²) in [6, 6.07) is 2.06. The van der Waals surface area contributed by atoms with E-state index in [2.05, 4.69) is 20.9 Å². The molecule has 0 aromatic carbocycles. The van der Waals surface area contributed by atoms with Gasteiger partial charge in [-0.15, -0.1) is 0 Å². The number of rotatable bonds is 5. The molecule has 4 rings (SSSR count). The van der Waals surface area contributed by atoms with E-state index in [0.717, 1.165) is 82.3 Å². The third-order valence-corrected chi connectivity index (χ3v) is 6.57. The van der Waals surface area contributed by atoms with E-state index >= 15 is 0 Å². The van der Waals surface area contributed by atoms with Crippen LogP contribution in [-0.2, 0) is 9.53 Å². The highest BCUT2D eigenvalue weighted by Crippen LogP contribution is 2.27. The Morgan fingerprint density at radius 3 is 2.45 bits per heavy atom. The van der Waals surface area contributed by atoms with E-state index in [4.69, 9.17) is 9.72 Å². The highest BCUT2D eigenvalue weighted by molar-refractivity contribution is 5.76. The number of aryl methyl sites for hydroxylation is 1. The second-order valence-corrected chi connectivity index (χ2v) is 8.68. The topological polar surface area (TPSA) is 61.8 Å². The van der Waals surface area contributed by atoms with E-state index in [-0.39, 0.29) is 0 Å². The molecule has 1 aromatic rings. The van der Waals surface area contributed by atoms with Crippen LogP contribution in [0, 0.1) is 12.8 Å². The number of aromatic nitrogens is 2. The molecular weight excluding hydrogens is 366 g/mol. The van der Waals surface area contributed by atoms with Gasteiger partial charge in [0, 0.05) is 57.4 Å². The first-order chi connectivity index (χ1) is 14.2. The molecule has 7 nitrogen and oxygen atoms in total. The van der Waals surface area contributed by atoms with Crippen LogP contribution in [0.15, 0.2) is 6.07 Å². The van der Waals surface area contributed by atoms with E-state index in [1.807, 2.05) is 11.8 Å². The lowest BCUT2D eigenvalue weighted by Crippen LogP contribution is -2.49. The first-order valence-electron chi connectivity index (χ1n) is 11.4. The molecule has 1 amide bonds. The molecule has 7 heteroatoms. The summed E-state index contributed by atoms with van der Waals surface area (Å²) in [5.74, 6) is 2.88. The predicted molar refractivity (Wildman–Crippen MR) is 114 cm³/mol. The summed E-state index contributed by atoms with van der Waals surface area (Å²) < 4.78 is 5.46. The minimum atomic E-state index is 0.328. The van der Waals surface area contributed by atoms with Crippen LogP contribution in [0.2, 0.25) is 0 Å². The largest absolute Gasteiger partial charge is 0.378 e. The lowest BCUT2D eigenvalue weighted by molar-refractivity contribution is -0.131. The number of piperazine rings is 1. The van der Waals surface area contributed by atoms with Crippen molar-refractivity contribution < 1.29 is 9.53 Å². The predicted octanol–water partition coefficient (Wildman–Crippen LogP) is 2.63. The second kappa shape index (κ2) is 9.74. The van der Waals surface area contributed by atoms with Crippen LogP contribution in [0.1, 0.15) is 50.6 Å². The van der Waals surface area contributed by atoms with E-state index in [0.29, 0.717) is 12.3 Å². The third kappa shape index (κ3) is 5.38. The van der Waals surface area contributed by atoms with E-state index in [1.165, 1.54) is 32.1 Å². The maximum Gasteiger partial charge on any atom is 0.227 e. The standard InChI is InChI=1S/C22H35N5O2/c1-18-17-20(25-13-15-29-16-14-25)24-22(23-18)27-11-9-26(10-12-27)21(28)8-7-19-5-3-2-4-6-19/h17,19H,2-16H2,1H3. The number of anilines is 2. The summed E-state index contributed by atoms with van der Waals surface area (Å²) in [4.78, 5) is 28.7. The minimum absolute atomic E-state index is 0.328. The van der Waals surface area contributed by atoms with E-state index < -0.39 is 0 Å². The fourth-order valence-electron chi connectivity index (χ4n) is 4.75. The highest BCUT2D eigenvalue weighted by Gasteiger charge is 2.24. The van der Waals surface area contributed by atoms with Crippen molar-refractivity contribution in [2.45, 2.75) is 51.9 Å². The zero-order valence-corrected chi connectivity index (χ0v) is 17.8. The van der Waals surface area contributed by atoms with Gasteiger partial charge < -0.3 is 19.4 Å². The summed E-state index contributed by atoms with van der Waals surface area (Å²) in [5, 5.41) is 0. The first kappa shape index (κ1) is 20.4. The summed E-state index contributed by atoms with van der Waals surface area (Å²) in [6.45, 7) is 8.43. The SMILES string of the molecule is Cc1cc(N2CCOCC2)nc(N2CCN(C(=O)CCC3CCCCC3)CC2)n1. The quantitative estimate of drug-likeness (QED) is 0.756. The third-order valence-electron chi connectivity index (χ3n) is 6.57. The Morgan fingerprint density at radius 1 is 1.00 bits per heavy atom. The number of carbonyl (C=O) groups excluding carboxylic acids is 1. The molecule has 3 heterocycles. The Morgan fingerprint density at radius 2 is 1.72 bits per heavy atom. The zero-order chi connectivity index (χ0) is 20.1. The molecule has 0 atom stereocenters. The zero-order valence-electron chi connectivity index (χ0n) is 17.8. The van der Waals surface area contributed by atoms with Crippen molar-refractivity contribution in [2.75, 3.05) is 62.3 Å². The molecular formula is C22H35N5O2. The first-order valence-corrected chi connectivity index (χ1v) is 11.4. The second-order valence-electron chi connectivity index (χ2n) is 8.68. The van der Waals surface area contributed by atoms with Gasteiger partial charge in [-0.1, -0.05) is 32.1 Å². The molecule has 0 N–H and O–H groups in total. The molecule has 3 fully saturated rings. The van der Waals surface area contributed by atoms with Gasteiger partial charge in [-0.05, 0) is 19.3 Å². The van der Waals surface area contributed by atoms with Crippen molar-refractivity contribution in [1.82, 2.24) is 14.9 Å². The fourth-order valence-corrected chi connectivity index (χ4v) is 4.75. The van der Waals surface area contributed by atoms with Crippen molar-refractivity contribution in [3.63, 3.8) is 0 Å². The van der Waals surface area contributed by atoms with E-state index in [1.54, 1.807) is 0 Å². The average molecular weight is 402 g/mol. The van der Waals surface area contributed by atoms with Crippen molar-refractivity contribution in [1.29, 1.82) is 0 Å². The molecule has 1 aliphatic carbocycles. The van der Waals surface area contributed by atoms with Crippen LogP contribution >= 0.6 is 0 Å². The Bertz CT molecular complexity index is 678. The smallest absolute Gasteiger partial charge is 0.227 e. The maximum absolute atomic E-state index is 12.7. The number of carbonyl (C=O) groups is 1. The molecule has 2 saturated heterocycles. The summed E-state index contributed by atoms with van der Waals surface area (Å²) in [6.07, 6.45) is 8.49. The van der Waals surface area contributed by atoms with Crippen molar-refractivity contribution in [3.8, 4) is 0 Å². The summed E-state index contributed by atoms with van der Waals surface area (Å²) in [7, 11) is 0. The number of ether oxygens (including phenoxy) is 1. The molecule has 0 spiro atoms. The van der Waals surface area contributed by atoms with Gasteiger partial charge >= 0.3 is 0 Å². The Labute approximate surface area is 174 Å². The summed E-state index contributed by atoms with van der Waals surface area (Å²) >= 11 is 0. The lowest BCUT2D eigenvalue weighted by Gasteiger charge is -2.36. The Kier molecular flexibility index (Phi) is 6.85. The van der Waals surface area contributed by atoms with Crippen LogP contribution in [0.4, 0.5) is 11.8 Å². The van der Waals surface area contributed by atoms with Gasteiger partial charge in [0.2, 0.25) is 11.9 Å². The van der Waals surface area contributed by atoms with Gasteiger partial charge in [-0.3, -0.25) is 4.79 Å². The number of morpholine rings is 1. The Balaban J connectivity index is 1.29. The monoisotopic (exact) mass is 401 g/mol.